The molecule has 5 heteroatoms. The number of nitrogens with one attached hydrogen (secondary N) is 1. The highest BCUT2D eigenvalue weighted by Crippen LogP contribution is 2.25. The van der Waals surface area contributed by atoms with E-state index in [0.717, 1.165) is 26.0 Å². The molecule has 120 valence electrons. The molecule has 1 saturated heterocycles. The number of methoxy groups -OCH3 is 1. The molecule has 2 heterocycles. The highest BCUT2D eigenvalue weighted by molar-refractivity contribution is 5.07. The predicted octanol–water partition coefficient (Wildman–Crippen LogP) is 2.53. The molecule has 1 aromatic rings. The molecule has 1 fully saturated rings. The van der Waals surface area contributed by atoms with Crippen molar-refractivity contribution >= 4 is 0 Å². The molecule has 0 bridgehead atoms. The molecule has 1 N–H and O–H groups in total. The second-order valence-corrected chi connectivity index (χ2v) is 5.88. The fraction of sp³-hybridized carbons (Fsp3) is 0.812. The molecule has 21 heavy (non-hydrogen) atoms. The number of aromatic nitrogens is 2. The average Bonchev–Trinajstić information content (AvgIpc) is 2.95. The maximum atomic E-state index is 5.49. The first-order valence-electron chi connectivity index (χ1n) is 8.14. The molecule has 0 aromatic carbocycles. The van der Waals surface area contributed by atoms with E-state index in [-0.39, 0.29) is 0 Å². The predicted molar refractivity (Wildman–Crippen MR) is 83.3 cm³/mol. The van der Waals surface area contributed by atoms with Crippen LogP contribution in [0.3, 0.4) is 0 Å². The smallest absolute Gasteiger partial charge is 0.0948 e. The SMILES string of the molecule is COCCOCCCCn1cncc1C1CCCC(C)N1. The van der Waals surface area contributed by atoms with Gasteiger partial charge in [0.25, 0.3) is 0 Å². The van der Waals surface area contributed by atoms with Crippen molar-refractivity contribution in [2.75, 3.05) is 26.9 Å². The van der Waals surface area contributed by atoms with Crippen LogP contribution in [0.4, 0.5) is 0 Å². The van der Waals surface area contributed by atoms with E-state index in [1.54, 1.807) is 7.11 Å². The van der Waals surface area contributed by atoms with Gasteiger partial charge in [0.1, 0.15) is 0 Å². The maximum absolute atomic E-state index is 5.49. The Morgan fingerprint density at radius 1 is 1.29 bits per heavy atom. The molecule has 2 atom stereocenters. The summed E-state index contributed by atoms with van der Waals surface area (Å²) in [4.78, 5) is 4.34. The van der Waals surface area contributed by atoms with E-state index < -0.39 is 0 Å². The van der Waals surface area contributed by atoms with Gasteiger partial charge in [0.2, 0.25) is 0 Å². The van der Waals surface area contributed by atoms with Gasteiger partial charge >= 0.3 is 0 Å². The Balaban J connectivity index is 1.70. The molecule has 2 unspecified atom stereocenters. The number of piperidine rings is 1. The van der Waals surface area contributed by atoms with E-state index in [4.69, 9.17) is 9.47 Å². The lowest BCUT2D eigenvalue weighted by molar-refractivity contribution is 0.0684. The van der Waals surface area contributed by atoms with Crippen molar-refractivity contribution in [2.24, 2.45) is 0 Å². The van der Waals surface area contributed by atoms with Crippen LogP contribution < -0.4 is 5.32 Å². The van der Waals surface area contributed by atoms with Crippen molar-refractivity contribution in [3.8, 4) is 0 Å². The summed E-state index contributed by atoms with van der Waals surface area (Å²) in [6, 6.07) is 1.08. The summed E-state index contributed by atoms with van der Waals surface area (Å²) in [6.45, 7) is 5.47. The van der Waals surface area contributed by atoms with E-state index in [1.807, 2.05) is 12.5 Å². The highest BCUT2D eigenvalue weighted by Gasteiger charge is 2.21. The second-order valence-electron chi connectivity index (χ2n) is 5.88. The highest BCUT2D eigenvalue weighted by atomic mass is 16.5. The number of aryl methyl sites for hydroxylation is 1. The fourth-order valence-electron chi connectivity index (χ4n) is 2.91. The Kier molecular flexibility index (Phi) is 7.19. The number of rotatable bonds is 9. The minimum absolute atomic E-state index is 0.467. The first kappa shape index (κ1) is 16.5. The number of hydrogen-bond donors (Lipinski definition) is 1. The minimum atomic E-state index is 0.467. The van der Waals surface area contributed by atoms with Gasteiger partial charge in [-0.15, -0.1) is 0 Å². The van der Waals surface area contributed by atoms with Crippen LogP contribution in [0.15, 0.2) is 12.5 Å². The zero-order valence-corrected chi connectivity index (χ0v) is 13.4. The first-order valence-corrected chi connectivity index (χ1v) is 8.14. The molecule has 5 nitrogen and oxygen atoms in total. The Bertz CT molecular complexity index is 395. The standard InChI is InChI=1S/C16H29N3O2/c1-14-6-5-7-15(18-14)16-12-17-13-19(16)8-3-4-9-21-11-10-20-2/h12-15,18H,3-11H2,1-2H3. The molecule has 0 radical (unpaired) electrons. The van der Waals surface area contributed by atoms with Gasteiger partial charge in [-0.3, -0.25) is 0 Å². The zero-order valence-electron chi connectivity index (χ0n) is 13.4. The second kappa shape index (κ2) is 9.18. The van der Waals surface area contributed by atoms with E-state index >= 15 is 0 Å². The molecule has 0 aliphatic carbocycles. The Morgan fingerprint density at radius 2 is 2.19 bits per heavy atom. The molecule has 1 aliphatic rings. The topological polar surface area (TPSA) is 48.3 Å². The minimum Gasteiger partial charge on any atom is -0.382 e. The lowest BCUT2D eigenvalue weighted by Crippen LogP contribution is -2.35. The Morgan fingerprint density at radius 3 is 3.00 bits per heavy atom. The summed E-state index contributed by atoms with van der Waals surface area (Å²) in [7, 11) is 1.70. The van der Waals surface area contributed by atoms with Crippen molar-refractivity contribution in [2.45, 2.75) is 57.7 Å². The van der Waals surface area contributed by atoms with Crippen LogP contribution in [0.1, 0.15) is 50.8 Å². The molecule has 2 rings (SSSR count). The molecular formula is C16H29N3O2. The van der Waals surface area contributed by atoms with Gasteiger partial charge < -0.3 is 19.4 Å². The number of hydrogen-bond acceptors (Lipinski definition) is 4. The Labute approximate surface area is 128 Å². The molecular weight excluding hydrogens is 266 g/mol. The van der Waals surface area contributed by atoms with Crippen molar-refractivity contribution in [1.82, 2.24) is 14.9 Å². The normalized spacial score (nSPS) is 22.6. The van der Waals surface area contributed by atoms with Gasteiger partial charge in [-0.1, -0.05) is 0 Å². The van der Waals surface area contributed by atoms with Crippen LogP contribution in [0.25, 0.3) is 0 Å². The number of ether oxygens (including phenoxy) is 2. The molecule has 1 aromatic heterocycles. The first-order chi connectivity index (χ1) is 10.3. The van der Waals surface area contributed by atoms with Gasteiger partial charge in [-0.2, -0.15) is 0 Å². The molecule has 0 amide bonds. The van der Waals surface area contributed by atoms with Gasteiger partial charge in [-0.05, 0) is 39.0 Å². The van der Waals surface area contributed by atoms with Crippen LogP contribution in [0.2, 0.25) is 0 Å². The third-order valence-electron chi connectivity index (χ3n) is 4.09. The number of nitrogens with zero attached hydrogens (tertiary/aromatic N) is 2. The van der Waals surface area contributed by atoms with E-state index in [1.165, 1.54) is 25.0 Å². The lowest BCUT2D eigenvalue weighted by Gasteiger charge is -2.29. The van der Waals surface area contributed by atoms with E-state index in [2.05, 4.69) is 21.8 Å². The van der Waals surface area contributed by atoms with Crippen LogP contribution in [-0.2, 0) is 16.0 Å². The summed E-state index contributed by atoms with van der Waals surface area (Å²) in [5.41, 5.74) is 1.34. The lowest BCUT2D eigenvalue weighted by atomic mass is 9.97. The van der Waals surface area contributed by atoms with Crippen LogP contribution in [-0.4, -0.2) is 42.5 Å². The van der Waals surface area contributed by atoms with Crippen molar-refractivity contribution in [3.63, 3.8) is 0 Å². The summed E-state index contributed by atoms with van der Waals surface area (Å²) in [6.07, 6.45) is 9.98. The van der Waals surface area contributed by atoms with Crippen LogP contribution in [0, 0.1) is 0 Å². The average molecular weight is 295 g/mol. The summed E-state index contributed by atoms with van der Waals surface area (Å²) in [5, 5.41) is 3.68. The Hall–Kier alpha value is -0.910. The zero-order chi connectivity index (χ0) is 14.9. The van der Waals surface area contributed by atoms with Gasteiger partial charge in [0, 0.05) is 38.5 Å². The molecule has 0 saturated carbocycles. The third kappa shape index (κ3) is 5.41. The number of unbranched alkanes of at least 4 members (excludes halogenated alkanes) is 1. The van der Waals surface area contributed by atoms with Crippen LogP contribution >= 0.6 is 0 Å². The molecule has 0 spiro atoms. The van der Waals surface area contributed by atoms with Crippen molar-refractivity contribution < 1.29 is 9.47 Å². The number of imidazole rings is 1. The van der Waals surface area contributed by atoms with Crippen molar-refractivity contribution in [1.29, 1.82) is 0 Å². The van der Waals surface area contributed by atoms with Crippen molar-refractivity contribution in [3.05, 3.63) is 18.2 Å². The largest absolute Gasteiger partial charge is 0.382 e. The van der Waals surface area contributed by atoms with Gasteiger partial charge in [0.05, 0.1) is 25.2 Å². The van der Waals surface area contributed by atoms with E-state index in [0.29, 0.717) is 25.3 Å². The fourth-order valence-corrected chi connectivity index (χ4v) is 2.91. The van der Waals surface area contributed by atoms with Gasteiger partial charge in [0.15, 0.2) is 0 Å². The van der Waals surface area contributed by atoms with E-state index in [9.17, 15) is 0 Å². The monoisotopic (exact) mass is 295 g/mol. The summed E-state index contributed by atoms with van der Waals surface area (Å²) < 4.78 is 12.7. The van der Waals surface area contributed by atoms with Gasteiger partial charge in [-0.25, -0.2) is 4.98 Å². The maximum Gasteiger partial charge on any atom is 0.0948 e. The third-order valence-corrected chi connectivity index (χ3v) is 4.09. The molecule has 1 aliphatic heterocycles. The summed E-state index contributed by atoms with van der Waals surface area (Å²) >= 11 is 0. The summed E-state index contributed by atoms with van der Waals surface area (Å²) in [5.74, 6) is 0. The quantitative estimate of drug-likeness (QED) is 0.711. The van der Waals surface area contributed by atoms with Crippen LogP contribution in [0.5, 0.6) is 0 Å².